The second-order valence-corrected chi connectivity index (χ2v) is 8.30. The second kappa shape index (κ2) is 5.89. The van der Waals surface area contributed by atoms with Crippen LogP contribution in [-0.2, 0) is 0 Å². The SMILES string of the molecule is CC1CC(C)CC(CCC(Br)C(C)(C)C)C1. The van der Waals surface area contributed by atoms with Crippen molar-refractivity contribution < 1.29 is 0 Å². The molecule has 0 saturated heterocycles. The highest BCUT2D eigenvalue weighted by Gasteiger charge is 2.26. The molecule has 1 aliphatic carbocycles. The molecule has 1 saturated carbocycles. The fourth-order valence-corrected chi connectivity index (χ4v) is 3.43. The zero-order chi connectivity index (χ0) is 12.3. The molecule has 1 fully saturated rings. The maximum absolute atomic E-state index is 3.86. The molecule has 0 amide bonds. The lowest BCUT2D eigenvalue weighted by atomic mass is 9.74. The smallest absolute Gasteiger partial charge is 0.0194 e. The van der Waals surface area contributed by atoms with E-state index in [0.717, 1.165) is 17.8 Å². The van der Waals surface area contributed by atoms with Crippen LogP contribution in [0.2, 0.25) is 0 Å². The molecule has 16 heavy (non-hydrogen) atoms. The molecule has 0 aliphatic heterocycles. The normalized spacial score (nSPS) is 33.8. The van der Waals surface area contributed by atoms with Gasteiger partial charge in [0.2, 0.25) is 0 Å². The minimum Gasteiger partial charge on any atom is -0.0885 e. The van der Waals surface area contributed by atoms with Crippen LogP contribution in [0.3, 0.4) is 0 Å². The Balaban J connectivity index is 2.32. The average Bonchev–Trinajstić information content (AvgIpc) is 2.11. The van der Waals surface area contributed by atoms with Crippen molar-refractivity contribution in [3.8, 4) is 0 Å². The molecule has 1 rings (SSSR count). The Kier molecular flexibility index (Phi) is 5.35. The summed E-state index contributed by atoms with van der Waals surface area (Å²) in [6, 6.07) is 0. The van der Waals surface area contributed by atoms with E-state index in [4.69, 9.17) is 0 Å². The summed E-state index contributed by atoms with van der Waals surface area (Å²) in [5.74, 6) is 2.90. The van der Waals surface area contributed by atoms with Gasteiger partial charge in [-0.3, -0.25) is 0 Å². The van der Waals surface area contributed by atoms with E-state index in [2.05, 4.69) is 50.5 Å². The first-order valence-corrected chi connectivity index (χ1v) is 7.84. The Labute approximate surface area is 111 Å². The molecule has 0 bridgehead atoms. The molecule has 0 spiro atoms. The van der Waals surface area contributed by atoms with Gasteiger partial charge in [0, 0.05) is 4.83 Å². The number of halogens is 1. The molecule has 0 aromatic carbocycles. The highest BCUT2D eigenvalue weighted by atomic mass is 79.9. The number of rotatable bonds is 3. The first-order valence-electron chi connectivity index (χ1n) is 6.93. The van der Waals surface area contributed by atoms with Crippen molar-refractivity contribution in [2.24, 2.45) is 23.2 Å². The van der Waals surface area contributed by atoms with Crippen LogP contribution in [0.4, 0.5) is 0 Å². The van der Waals surface area contributed by atoms with Crippen molar-refractivity contribution in [2.45, 2.75) is 71.5 Å². The van der Waals surface area contributed by atoms with Gasteiger partial charge in [-0.05, 0) is 55.3 Å². The van der Waals surface area contributed by atoms with E-state index in [0.29, 0.717) is 10.2 Å². The molecule has 1 aliphatic rings. The van der Waals surface area contributed by atoms with Crippen LogP contribution in [0.5, 0.6) is 0 Å². The van der Waals surface area contributed by atoms with E-state index in [9.17, 15) is 0 Å². The average molecular weight is 289 g/mol. The molecule has 96 valence electrons. The molecule has 3 unspecified atom stereocenters. The maximum Gasteiger partial charge on any atom is 0.0194 e. The van der Waals surface area contributed by atoms with Gasteiger partial charge in [-0.2, -0.15) is 0 Å². The topological polar surface area (TPSA) is 0 Å². The van der Waals surface area contributed by atoms with Crippen molar-refractivity contribution in [1.82, 2.24) is 0 Å². The summed E-state index contributed by atoms with van der Waals surface area (Å²) in [6.45, 7) is 11.9. The zero-order valence-corrected chi connectivity index (χ0v) is 13.3. The van der Waals surface area contributed by atoms with Crippen LogP contribution >= 0.6 is 15.9 Å². The van der Waals surface area contributed by atoms with Crippen molar-refractivity contribution in [1.29, 1.82) is 0 Å². The van der Waals surface area contributed by atoms with Gasteiger partial charge in [0.05, 0.1) is 0 Å². The van der Waals surface area contributed by atoms with Gasteiger partial charge in [0.1, 0.15) is 0 Å². The van der Waals surface area contributed by atoms with Crippen LogP contribution in [0.25, 0.3) is 0 Å². The lowest BCUT2D eigenvalue weighted by Gasteiger charge is -2.33. The molecule has 0 aromatic rings. The third kappa shape index (κ3) is 4.77. The summed E-state index contributed by atoms with van der Waals surface area (Å²) in [4.78, 5) is 0.674. The Morgan fingerprint density at radius 1 is 1.06 bits per heavy atom. The fraction of sp³-hybridized carbons (Fsp3) is 1.00. The van der Waals surface area contributed by atoms with Gasteiger partial charge in [-0.25, -0.2) is 0 Å². The molecular weight excluding hydrogens is 260 g/mol. The third-order valence-corrected chi connectivity index (χ3v) is 5.88. The van der Waals surface area contributed by atoms with E-state index in [1.54, 1.807) is 0 Å². The fourth-order valence-electron chi connectivity index (χ4n) is 3.16. The Morgan fingerprint density at radius 2 is 1.56 bits per heavy atom. The summed E-state index contributed by atoms with van der Waals surface area (Å²) in [6.07, 6.45) is 7.14. The monoisotopic (exact) mass is 288 g/mol. The first kappa shape index (κ1) is 14.5. The van der Waals surface area contributed by atoms with Crippen LogP contribution in [-0.4, -0.2) is 4.83 Å². The van der Waals surface area contributed by atoms with Gasteiger partial charge < -0.3 is 0 Å². The van der Waals surface area contributed by atoms with Crippen LogP contribution in [0.15, 0.2) is 0 Å². The predicted octanol–water partition coefficient (Wildman–Crippen LogP) is 5.65. The summed E-state index contributed by atoms with van der Waals surface area (Å²) in [5.41, 5.74) is 0.409. The van der Waals surface area contributed by atoms with E-state index < -0.39 is 0 Å². The molecule has 0 aromatic heterocycles. The quantitative estimate of drug-likeness (QED) is 0.589. The van der Waals surface area contributed by atoms with Crippen molar-refractivity contribution in [2.75, 3.05) is 0 Å². The number of hydrogen-bond donors (Lipinski definition) is 0. The summed E-state index contributed by atoms with van der Waals surface area (Å²) < 4.78 is 0. The minimum atomic E-state index is 0.409. The largest absolute Gasteiger partial charge is 0.0885 e. The minimum absolute atomic E-state index is 0.409. The molecular formula is C15H29Br. The van der Waals surface area contributed by atoms with Crippen LogP contribution in [0.1, 0.15) is 66.7 Å². The Bertz CT molecular complexity index is 194. The highest BCUT2D eigenvalue weighted by molar-refractivity contribution is 9.09. The van der Waals surface area contributed by atoms with Gasteiger partial charge in [-0.1, -0.05) is 50.5 Å². The van der Waals surface area contributed by atoms with Crippen molar-refractivity contribution in [3.05, 3.63) is 0 Å². The molecule has 0 N–H and O–H groups in total. The Hall–Kier alpha value is 0.480. The number of hydrogen-bond acceptors (Lipinski definition) is 0. The van der Waals surface area contributed by atoms with E-state index in [1.165, 1.54) is 32.1 Å². The lowest BCUT2D eigenvalue weighted by Crippen LogP contribution is -2.24. The molecule has 1 heteroatoms. The predicted molar refractivity (Wildman–Crippen MR) is 77.1 cm³/mol. The summed E-state index contributed by atoms with van der Waals surface area (Å²) in [5, 5.41) is 0. The molecule has 3 atom stereocenters. The second-order valence-electron chi connectivity index (χ2n) is 7.19. The maximum atomic E-state index is 3.86. The van der Waals surface area contributed by atoms with Gasteiger partial charge in [0.25, 0.3) is 0 Å². The zero-order valence-electron chi connectivity index (χ0n) is 11.7. The van der Waals surface area contributed by atoms with Gasteiger partial charge in [0.15, 0.2) is 0 Å². The van der Waals surface area contributed by atoms with Gasteiger partial charge >= 0.3 is 0 Å². The van der Waals surface area contributed by atoms with Crippen molar-refractivity contribution in [3.63, 3.8) is 0 Å². The van der Waals surface area contributed by atoms with Gasteiger partial charge in [-0.15, -0.1) is 0 Å². The molecule has 0 radical (unpaired) electrons. The van der Waals surface area contributed by atoms with Crippen molar-refractivity contribution >= 4 is 15.9 Å². The lowest BCUT2D eigenvalue weighted by molar-refractivity contribution is 0.202. The number of alkyl halides is 1. The molecule has 0 nitrogen and oxygen atoms in total. The van der Waals surface area contributed by atoms with Crippen LogP contribution in [0, 0.1) is 23.2 Å². The Morgan fingerprint density at radius 3 is 2.00 bits per heavy atom. The van der Waals surface area contributed by atoms with E-state index in [1.807, 2.05) is 0 Å². The molecule has 0 heterocycles. The van der Waals surface area contributed by atoms with Crippen LogP contribution < -0.4 is 0 Å². The van der Waals surface area contributed by atoms with E-state index in [-0.39, 0.29) is 0 Å². The highest BCUT2D eigenvalue weighted by Crippen LogP contribution is 2.38. The summed E-state index contributed by atoms with van der Waals surface area (Å²) in [7, 11) is 0. The standard InChI is InChI=1S/C15H29Br/c1-11-8-12(2)10-13(9-11)6-7-14(16)15(3,4)5/h11-14H,6-10H2,1-5H3. The van der Waals surface area contributed by atoms with E-state index >= 15 is 0 Å². The summed E-state index contributed by atoms with van der Waals surface area (Å²) >= 11 is 3.86. The third-order valence-electron chi connectivity index (χ3n) is 4.04. The first-order chi connectivity index (χ1) is 7.29.